The standard InChI is InChI=1S/C26H20F6O/c1-2-3-4-5-15-6-9-19-16(10-15)7-8-17-11-21(22(27)14-20(17)19)18-12-23(28)25(24(29)13-18)33-26(30,31)32/h6-14H,2-5H2,1H3. The molecule has 0 amide bonds. The number of aryl methyl sites for hydroxylation is 1. The van der Waals surface area contributed by atoms with E-state index in [0.717, 1.165) is 36.5 Å². The Kier molecular flexibility index (Phi) is 6.23. The molecule has 0 bridgehead atoms. The third-order valence-electron chi connectivity index (χ3n) is 5.58. The number of halogens is 6. The number of ether oxygens (including phenoxy) is 1. The average molecular weight is 462 g/mol. The zero-order valence-corrected chi connectivity index (χ0v) is 17.7. The average Bonchev–Trinajstić information content (AvgIpc) is 2.75. The van der Waals surface area contributed by atoms with E-state index in [9.17, 15) is 26.3 Å². The molecule has 0 fully saturated rings. The lowest BCUT2D eigenvalue weighted by atomic mass is 9.95. The highest BCUT2D eigenvalue weighted by Crippen LogP contribution is 2.36. The Bertz CT molecular complexity index is 1300. The maximum absolute atomic E-state index is 15.0. The molecular formula is C26H20F6O. The van der Waals surface area contributed by atoms with E-state index in [2.05, 4.69) is 17.7 Å². The van der Waals surface area contributed by atoms with Crippen molar-refractivity contribution in [1.29, 1.82) is 0 Å². The van der Waals surface area contributed by atoms with E-state index in [4.69, 9.17) is 0 Å². The third-order valence-corrected chi connectivity index (χ3v) is 5.58. The van der Waals surface area contributed by atoms with Crippen LogP contribution in [0.15, 0.2) is 54.6 Å². The minimum Gasteiger partial charge on any atom is -0.399 e. The molecule has 4 rings (SSSR count). The van der Waals surface area contributed by atoms with Gasteiger partial charge in [-0.2, -0.15) is 0 Å². The SMILES string of the molecule is CCCCCc1ccc2c(ccc3cc(-c4cc(F)c(OC(F)(F)F)c(F)c4)c(F)cc32)c1. The molecule has 0 saturated heterocycles. The number of benzene rings is 4. The van der Waals surface area contributed by atoms with Crippen LogP contribution in [0.4, 0.5) is 26.3 Å². The van der Waals surface area contributed by atoms with Gasteiger partial charge in [-0.05, 0) is 69.8 Å². The second kappa shape index (κ2) is 8.96. The van der Waals surface area contributed by atoms with E-state index in [0.29, 0.717) is 22.9 Å². The lowest BCUT2D eigenvalue weighted by molar-refractivity contribution is -0.276. The minimum atomic E-state index is -5.26. The number of alkyl halides is 3. The maximum Gasteiger partial charge on any atom is 0.573 e. The van der Waals surface area contributed by atoms with Gasteiger partial charge in [-0.3, -0.25) is 0 Å². The molecule has 0 heterocycles. The van der Waals surface area contributed by atoms with Gasteiger partial charge in [0.05, 0.1) is 0 Å². The van der Waals surface area contributed by atoms with E-state index in [1.54, 1.807) is 6.07 Å². The minimum absolute atomic E-state index is 0.130. The van der Waals surface area contributed by atoms with Crippen molar-refractivity contribution in [2.45, 2.75) is 39.0 Å². The van der Waals surface area contributed by atoms with Crippen molar-refractivity contribution in [3.63, 3.8) is 0 Å². The molecule has 4 aromatic carbocycles. The molecular weight excluding hydrogens is 442 g/mol. The molecule has 0 aliphatic carbocycles. The van der Waals surface area contributed by atoms with Crippen LogP contribution in [0.1, 0.15) is 31.7 Å². The van der Waals surface area contributed by atoms with Crippen molar-refractivity contribution in [2.75, 3.05) is 0 Å². The predicted octanol–water partition coefficient (Wildman–Crippen LogP) is 8.71. The summed E-state index contributed by atoms with van der Waals surface area (Å²) in [4.78, 5) is 0. The van der Waals surface area contributed by atoms with Gasteiger partial charge in [0, 0.05) is 5.56 Å². The Morgan fingerprint density at radius 3 is 2.03 bits per heavy atom. The Balaban J connectivity index is 1.75. The smallest absolute Gasteiger partial charge is 0.399 e. The number of unbranched alkanes of at least 4 members (excludes halogenated alkanes) is 2. The summed E-state index contributed by atoms with van der Waals surface area (Å²) in [5.74, 6) is -5.47. The lowest BCUT2D eigenvalue weighted by Crippen LogP contribution is -2.19. The van der Waals surface area contributed by atoms with Crippen molar-refractivity contribution >= 4 is 21.5 Å². The van der Waals surface area contributed by atoms with Crippen molar-refractivity contribution < 1.29 is 31.1 Å². The molecule has 0 atom stereocenters. The highest BCUT2D eigenvalue weighted by Gasteiger charge is 2.34. The first-order valence-electron chi connectivity index (χ1n) is 10.6. The van der Waals surface area contributed by atoms with Crippen LogP contribution in [0.2, 0.25) is 0 Å². The molecule has 4 aromatic rings. The van der Waals surface area contributed by atoms with Gasteiger partial charge < -0.3 is 4.74 Å². The van der Waals surface area contributed by atoms with E-state index < -0.39 is 29.6 Å². The van der Waals surface area contributed by atoms with Gasteiger partial charge in [-0.25, -0.2) is 13.2 Å². The second-order valence-electron chi connectivity index (χ2n) is 7.95. The fourth-order valence-corrected chi connectivity index (χ4v) is 4.02. The summed E-state index contributed by atoms with van der Waals surface area (Å²) in [5, 5.41) is 3.05. The van der Waals surface area contributed by atoms with Gasteiger partial charge in [-0.15, -0.1) is 13.2 Å². The van der Waals surface area contributed by atoms with E-state index >= 15 is 0 Å². The van der Waals surface area contributed by atoms with Crippen LogP contribution in [-0.2, 0) is 6.42 Å². The second-order valence-corrected chi connectivity index (χ2v) is 7.95. The molecule has 0 aliphatic rings. The summed E-state index contributed by atoms with van der Waals surface area (Å²) in [7, 11) is 0. The molecule has 1 nitrogen and oxygen atoms in total. The Morgan fingerprint density at radius 1 is 0.727 bits per heavy atom. The van der Waals surface area contributed by atoms with Crippen molar-refractivity contribution in [3.05, 3.63) is 77.6 Å². The van der Waals surface area contributed by atoms with Crippen LogP contribution in [0.3, 0.4) is 0 Å². The summed E-state index contributed by atoms with van der Waals surface area (Å²) in [5.41, 5.74) is 0.833. The van der Waals surface area contributed by atoms with Gasteiger partial charge >= 0.3 is 6.36 Å². The summed E-state index contributed by atoms with van der Waals surface area (Å²) in [6.07, 6.45) is -0.929. The number of hydrogen-bond donors (Lipinski definition) is 0. The largest absolute Gasteiger partial charge is 0.573 e. The van der Waals surface area contributed by atoms with Gasteiger partial charge in [0.1, 0.15) is 5.82 Å². The molecule has 33 heavy (non-hydrogen) atoms. The first-order chi connectivity index (χ1) is 15.7. The van der Waals surface area contributed by atoms with Gasteiger partial charge in [0.25, 0.3) is 0 Å². The van der Waals surface area contributed by atoms with E-state index in [1.165, 1.54) is 17.7 Å². The van der Waals surface area contributed by atoms with Crippen LogP contribution in [0.5, 0.6) is 5.75 Å². The lowest BCUT2D eigenvalue weighted by Gasteiger charge is -2.13. The van der Waals surface area contributed by atoms with Gasteiger partial charge in [-0.1, -0.05) is 50.1 Å². The fourth-order valence-electron chi connectivity index (χ4n) is 4.02. The first kappa shape index (κ1) is 23.0. The van der Waals surface area contributed by atoms with E-state index in [-0.39, 0.29) is 11.1 Å². The number of hydrogen-bond acceptors (Lipinski definition) is 1. The summed E-state index contributed by atoms with van der Waals surface area (Å²) in [6.45, 7) is 2.14. The topological polar surface area (TPSA) is 9.23 Å². The van der Waals surface area contributed by atoms with Gasteiger partial charge in [0.15, 0.2) is 11.6 Å². The normalized spacial score (nSPS) is 12.0. The van der Waals surface area contributed by atoms with Crippen LogP contribution in [-0.4, -0.2) is 6.36 Å². The van der Waals surface area contributed by atoms with Crippen molar-refractivity contribution in [1.82, 2.24) is 0 Å². The molecule has 0 aromatic heterocycles. The quantitative estimate of drug-likeness (QED) is 0.158. The first-order valence-corrected chi connectivity index (χ1v) is 10.6. The number of fused-ring (bicyclic) bond motifs is 3. The molecule has 7 heteroatoms. The van der Waals surface area contributed by atoms with Crippen LogP contribution < -0.4 is 4.74 Å². The molecule has 0 unspecified atom stereocenters. The highest BCUT2D eigenvalue weighted by atomic mass is 19.4. The molecule has 0 spiro atoms. The monoisotopic (exact) mass is 462 g/mol. The molecule has 0 aliphatic heterocycles. The van der Waals surface area contributed by atoms with Crippen molar-refractivity contribution in [2.24, 2.45) is 0 Å². The Hall–Kier alpha value is -3.22. The van der Waals surface area contributed by atoms with Crippen molar-refractivity contribution in [3.8, 4) is 16.9 Å². The molecule has 0 N–H and O–H groups in total. The maximum atomic E-state index is 15.0. The van der Waals surface area contributed by atoms with Crippen LogP contribution in [0, 0.1) is 17.5 Å². The summed E-state index contributed by atoms with van der Waals surface area (Å²) >= 11 is 0. The Labute approximate surface area is 186 Å². The zero-order chi connectivity index (χ0) is 23.8. The molecule has 172 valence electrons. The van der Waals surface area contributed by atoms with Crippen LogP contribution >= 0.6 is 0 Å². The van der Waals surface area contributed by atoms with E-state index in [1.807, 2.05) is 18.2 Å². The predicted molar refractivity (Wildman–Crippen MR) is 117 cm³/mol. The van der Waals surface area contributed by atoms with Crippen LogP contribution in [0.25, 0.3) is 32.7 Å². The third kappa shape index (κ3) is 4.92. The highest BCUT2D eigenvalue weighted by molar-refractivity contribution is 6.08. The number of rotatable bonds is 6. The zero-order valence-electron chi connectivity index (χ0n) is 17.7. The van der Waals surface area contributed by atoms with Gasteiger partial charge in [0.2, 0.25) is 5.75 Å². The summed E-state index contributed by atoms with van der Waals surface area (Å²) < 4.78 is 83.8. The fraction of sp³-hybridized carbons (Fsp3) is 0.231. The summed E-state index contributed by atoms with van der Waals surface area (Å²) in [6, 6.07) is 13.6. The molecule has 0 radical (unpaired) electrons. The molecule has 0 saturated carbocycles. The Morgan fingerprint density at radius 2 is 1.39 bits per heavy atom.